The number of anilines is 1. The molecule has 1 aromatic carbocycles. The van der Waals surface area contributed by atoms with E-state index in [0.29, 0.717) is 5.56 Å². The zero-order valence-corrected chi connectivity index (χ0v) is 15.2. The minimum Gasteiger partial charge on any atom is -0.376 e. The molecule has 0 saturated carbocycles. The second-order valence-corrected chi connectivity index (χ2v) is 7.75. The Labute approximate surface area is 153 Å². The molecule has 0 bridgehead atoms. The van der Waals surface area contributed by atoms with E-state index < -0.39 is 0 Å². The van der Waals surface area contributed by atoms with Crippen molar-refractivity contribution in [1.82, 2.24) is 15.5 Å². The molecule has 1 aliphatic rings. The van der Waals surface area contributed by atoms with E-state index in [1.54, 1.807) is 18.2 Å². The van der Waals surface area contributed by atoms with Crippen LogP contribution in [0.1, 0.15) is 18.4 Å². The molecule has 25 heavy (non-hydrogen) atoms. The van der Waals surface area contributed by atoms with Crippen LogP contribution in [0.3, 0.4) is 0 Å². The Kier molecular flexibility index (Phi) is 6.60. The molecule has 1 aromatic heterocycles. The number of benzene rings is 1. The van der Waals surface area contributed by atoms with Gasteiger partial charge in [-0.25, -0.2) is 4.39 Å². The summed E-state index contributed by atoms with van der Waals surface area (Å²) in [6, 6.07) is 6.39. The van der Waals surface area contributed by atoms with Gasteiger partial charge in [0.1, 0.15) is 5.82 Å². The van der Waals surface area contributed by atoms with Crippen LogP contribution in [-0.2, 0) is 16.1 Å². The first-order chi connectivity index (χ1) is 12.2. The average molecular weight is 382 g/mol. The van der Waals surface area contributed by atoms with Crippen LogP contribution in [0.5, 0.6) is 0 Å². The molecule has 2 heterocycles. The summed E-state index contributed by atoms with van der Waals surface area (Å²) in [6.45, 7) is 1.73. The maximum atomic E-state index is 13.5. The molecule has 1 fully saturated rings. The van der Waals surface area contributed by atoms with Crippen LogP contribution < -0.4 is 10.6 Å². The SMILES string of the molecule is O=C(CSc1nnc(NCC2CCCO2)s1)NCc1ccccc1F. The first kappa shape index (κ1) is 18.1. The lowest BCUT2D eigenvalue weighted by atomic mass is 10.2. The number of halogens is 1. The van der Waals surface area contributed by atoms with Crippen molar-refractivity contribution in [1.29, 1.82) is 0 Å². The molecule has 3 rings (SSSR count). The Balaban J connectivity index is 1.38. The number of thioether (sulfide) groups is 1. The van der Waals surface area contributed by atoms with Crippen molar-refractivity contribution in [3.63, 3.8) is 0 Å². The zero-order valence-electron chi connectivity index (χ0n) is 13.5. The predicted octanol–water partition coefficient (Wildman–Crippen LogP) is 2.68. The third-order valence-electron chi connectivity index (χ3n) is 3.67. The molecule has 1 atom stereocenters. The number of rotatable bonds is 8. The van der Waals surface area contributed by atoms with E-state index in [1.165, 1.54) is 29.2 Å². The third-order valence-corrected chi connectivity index (χ3v) is 5.69. The summed E-state index contributed by atoms with van der Waals surface area (Å²) >= 11 is 2.72. The Bertz CT molecular complexity index is 707. The molecular weight excluding hydrogens is 363 g/mol. The van der Waals surface area contributed by atoms with Gasteiger partial charge in [-0.15, -0.1) is 10.2 Å². The quantitative estimate of drug-likeness (QED) is 0.684. The van der Waals surface area contributed by atoms with Crippen LogP contribution in [0.25, 0.3) is 0 Å². The molecule has 9 heteroatoms. The fourth-order valence-corrected chi connectivity index (χ4v) is 3.95. The van der Waals surface area contributed by atoms with E-state index in [-0.39, 0.29) is 30.1 Å². The first-order valence-electron chi connectivity index (χ1n) is 8.02. The Morgan fingerprint density at radius 2 is 2.28 bits per heavy atom. The van der Waals surface area contributed by atoms with Gasteiger partial charge >= 0.3 is 0 Å². The highest BCUT2D eigenvalue weighted by Crippen LogP contribution is 2.25. The highest BCUT2D eigenvalue weighted by atomic mass is 32.2. The van der Waals surface area contributed by atoms with Crippen molar-refractivity contribution in [2.45, 2.75) is 29.8 Å². The molecule has 1 unspecified atom stereocenters. The van der Waals surface area contributed by atoms with Gasteiger partial charge in [-0.05, 0) is 18.9 Å². The molecule has 2 aromatic rings. The third kappa shape index (κ3) is 5.65. The van der Waals surface area contributed by atoms with Gasteiger partial charge in [0.15, 0.2) is 4.34 Å². The normalized spacial score (nSPS) is 16.8. The second-order valence-electron chi connectivity index (χ2n) is 5.55. The molecule has 1 saturated heterocycles. The molecule has 1 amide bonds. The summed E-state index contributed by atoms with van der Waals surface area (Å²) < 4.78 is 19.7. The standard InChI is InChI=1S/C16H19FN4O2S2/c17-13-6-2-1-4-11(13)8-18-14(22)10-24-16-21-20-15(25-16)19-9-12-5-3-7-23-12/h1-2,4,6,12H,3,5,7-10H2,(H,18,22)(H,19,20). The summed E-state index contributed by atoms with van der Waals surface area (Å²) in [5.74, 6) is -0.270. The zero-order chi connectivity index (χ0) is 17.5. The summed E-state index contributed by atoms with van der Waals surface area (Å²) in [5, 5.41) is 14.8. The van der Waals surface area contributed by atoms with E-state index in [2.05, 4.69) is 20.8 Å². The number of amides is 1. The van der Waals surface area contributed by atoms with Crippen molar-refractivity contribution in [3.05, 3.63) is 35.6 Å². The molecule has 2 N–H and O–H groups in total. The summed E-state index contributed by atoms with van der Waals surface area (Å²) in [4.78, 5) is 11.9. The predicted molar refractivity (Wildman–Crippen MR) is 96.3 cm³/mol. The number of carbonyl (C=O) groups excluding carboxylic acids is 1. The molecule has 0 aliphatic carbocycles. The first-order valence-corrected chi connectivity index (χ1v) is 9.83. The van der Waals surface area contributed by atoms with E-state index in [0.717, 1.165) is 35.5 Å². The fourth-order valence-electron chi connectivity index (χ4n) is 2.36. The van der Waals surface area contributed by atoms with Gasteiger partial charge in [0.25, 0.3) is 0 Å². The minimum atomic E-state index is -0.318. The van der Waals surface area contributed by atoms with Crippen LogP contribution in [0.4, 0.5) is 9.52 Å². The van der Waals surface area contributed by atoms with Crippen molar-refractivity contribution in [3.8, 4) is 0 Å². The monoisotopic (exact) mass is 382 g/mol. The number of nitrogens with zero attached hydrogens (tertiary/aromatic N) is 2. The number of ether oxygens (including phenoxy) is 1. The minimum absolute atomic E-state index is 0.169. The summed E-state index contributed by atoms with van der Waals surface area (Å²) in [6.07, 6.45) is 2.41. The molecule has 134 valence electrons. The smallest absolute Gasteiger partial charge is 0.230 e. The van der Waals surface area contributed by atoms with Gasteiger partial charge in [0.05, 0.1) is 11.9 Å². The number of nitrogens with one attached hydrogen (secondary N) is 2. The lowest BCUT2D eigenvalue weighted by Crippen LogP contribution is -2.24. The summed E-state index contributed by atoms with van der Waals surface area (Å²) in [7, 11) is 0. The van der Waals surface area contributed by atoms with Crippen LogP contribution in [0.2, 0.25) is 0 Å². The molecule has 0 spiro atoms. The van der Waals surface area contributed by atoms with Gasteiger partial charge in [-0.2, -0.15) is 0 Å². The van der Waals surface area contributed by atoms with Gasteiger partial charge < -0.3 is 15.4 Å². The van der Waals surface area contributed by atoms with Crippen molar-refractivity contribution in [2.75, 3.05) is 24.2 Å². The molecule has 6 nitrogen and oxygen atoms in total. The highest BCUT2D eigenvalue weighted by molar-refractivity contribution is 8.01. The number of hydrogen-bond donors (Lipinski definition) is 2. The van der Waals surface area contributed by atoms with Crippen LogP contribution in [0.15, 0.2) is 28.6 Å². The van der Waals surface area contributed by atoms with Crippen molar-refractivity contribution in [2.24, 2.45) is 0 Å². The number of aromatic nitrogens is 2. The van der Waals surface area contributed by atoms with Crippen LogP contribution >= 0.6 is 23.1 Å². The topological polar surface area (TPSA) is 76.1 Å². The Morgan fingerprint density at radius 3 is 3.08 bits per heavy atom. The molecule has 1 aliphatic heterocycles. The number of carbonyl (C=O) groups is 1. The second kappa shape index (κ2) is 9.12. The maximum Gasteiger partial charge on any atom is 0.230 e. The van der Waals surface area contributed by atoms with Crippen LogP contribution in [-0.4, -0.2) is 41.1 Å². The fraction of sp³-hybridized carbons (Fsp3) is 0.438. The average Bonchev–Trinajstić information content (AvgIpc) is 3.29. The van der Waals surface area contributed by atoms with E-state index in [4.69, 9.17) is 4.74 Å². The van der Waals surface area contributed by atoms with E-state index >= 15 is 0 Å². The van der Waals surface area contributed by atoms with Crippen molar-refractivity contribution < 1.29 is 13.9 Å². The number of hydrogen-bond acceptors (Lipinski definition) is 7. The van der Waals surface area contributed by atoms with Gasteiger partial charge in [0, 0.05) is 25.3 Å². The molecular formula is C16H19FN4O2S2. The largest absolute Gasteiger partial charge is 0.376 e. The lowest BCUT2D eigenvalue weighted by molar-refractivity contribution is -0.118. The van der Waals surface area contributed by atoms with E-state index in [9.17, 15) is 9.18 Å². The Hall–Kier alpha value is -1.71. The highest BCUT2D eigenvalue weighted by Gasteiger charge is 2.16. The van der Waals surface area contributed by atoms with E-state index in [1.807, 2.05) is 0 Å². The Morgan fingerprint density at radius 1 is 1.40 bits per heavy atom. The van der Waals surface area contributed by atoms with Gasteiger partial charge in [-0.3, -0.25) is 4.79 Å². The summed E-state index contributed by atoms with van der Waals surface area (Å²) in [5.41, 5.74) is 0.470. The maximum absolute atomic E-state index is 13.5. The van der Waals surface area contributed by atoms with Crippen molar-refractivity contribution >= 4 is 34.1 Å². The molecule has 0 radical (unpaired) electrons. The van der Waals surface area contributed by atoms with Crippen LogP contribution in [0, 0.1) is 5.82 Å². The van der Waals surface area contributed by atoms with Gasteiger partial charge in [-0.1, -0.05) is 41.3 Å². The lowest BCUT2D eigenvalue weighted by Gasteiger charge is -2.08. The van der Waals surface area contributed by atoms with Gasteiger partial charge in [0.2, 0.25) is 11.0 Å².